The van der Waals surface area contributed by atoms with Gasteiger partial charge in [0.15, 0.2) is 0 Å². The van der Waals surface area contributed by atoms with E-state index in [2.05, 4.69) is 20.8 Å². The molecule has 2 rings (SSSR count). The zero-order chi connectivity index (χ0) is 11.1. The minimum atomic E-state index is -0.0594. The van der Waals surface area contributed by atoms with E-state index in [0.717, 1.165) is 32.5 Å². The average molecular weight is 213 g/mol. The highest BCUT2D eigenvalue weighted by molar-refractivity contribution is 5.07. The lowest BCUT2D eigenvalue weighted by molar-refractivity contribution is -0.205. The Bertz CT molecular complexity index is 228. The third-order valence-electron chi connectivity index (χ3n) is 3.77. The van der Waals surface area contributed by atoms with Crippen LogP contribution in [0.4, 0.5) is 0 Å². The SMILES string of the molecule is CC(C)(C)OC1CC(N)C12CCOCC2. The highest BCUT2D eigenvalue weighted by Gasteiger charge is 2.55. The molecule has 2 aliphatic rings. The lowest BCUT2D eigenvalue weighted by atomic mass is 9.58. The molecular weight excluding hydrogens is 190 g/mol. The number of hydrogen-bond donors (Lipinski definition) is 1. The molecule has 0 bridgehead atoms. The highest BCUT2D eigenvalue weighted by atomic mass is 16.5. The molecule has 2 N–H and O–H groups in total. The second-order valence-electron chi connectivity index (χ2n) is 5.91. The molecule has 1 saturated heterocycles. The van der Waals surface area contributed by atoms with Gasteiger partial charge in [-0.1, -0.05) is 0 Å². The summed E-state index contributed by atoms with van der Waals surface area (Å²) in [5.41, 5.74) is 6.32. The molecule has 0 amide bonds. The molecule has 3 heteroatoms. The topological polar surface area (TPSA) is 44.5 Å². The van der Waals surface area contributed by atoms with Gasteiger partial charge in [-0.2, -0.15) is 0 Å². The third-order valence-corrected chi connectivity index (χ3v) is 3.77. The van der Waals surface area contributed by atoms with E-state index in [1.54, 1.807) is 0 Å². The Morgan fingerprint density at radius 3 is 2.33 bits per heavy atom. The molecule has 1 aliphatic heterocycles. The maximum absolute atomic E-state index is 6.16. The summed E-state index contributed by atoms with van der Waals surface area (Å²) < 4.78 is 11.5. The number of nitrogens with two attached hydrogens (primary N) is 1. The molecule has 1 spiro atoms. The van der Waals surface area contributed by atoms with E-state index in [1.807, 2.05) is 0 Å². The first-order valence-electron chi connectivity index (χ1n) is 5.95. The van der Waals surface area contributed by atoms with E-state index < -0.39 is 0 Å². The predicted molar refractivity (Wildman–Crippen MR) is 59.7 cm³/mol. The van der Waals surface area contributed by atoms with Gasteiger partial charge in [0.25, 0.3) is 0 Å². The quantitative estimate of drug-likeness (QED) is 0.721. The Balaban J connectivity index is 2.02. The summed E-state index contributed by atoms with van der Waals surface area (Å²) in [6.45, 7) is 8.03. The van der Waals surface area contributed by atoms with E-state index in [-0.39, 0.29) is 11.0 Å². The molecule has 1 heterocycles. The Morgan fingerprint density at radius 1 is 1.27 bits per heavy atom. The maximum Gasteiger partial charge on any atom is 0.0669 e. The molecule has 0 aromatic rings. The first kappa shape index (κ1) is 11.4. The Kier molecular flexibility index (Phi) is 2.82. The molecule has 0 aromatic heterocycles. The van der Waals surface area contributed by atoms with Crippen LogP contribution in [0.5, 0.6) is 0 Å². The van der Waals surface area contributed by atoms with Crippen LogP contribution in [0.25, 0.3) is 0 Å². The van der Waals surface area contributed by atoms with Crippen molar-refractivity contribution in [2.45, 2.75) is 57.8 Å². The fraction of sp³-hybridized carbons (Fsp3) is 1.00. The summed E-state index contributed by atoms with van der Waals surface area (Å²) >= 11 is 0. The van der Waals surface area contributed by atoms with Crippen LogP contribution in [-0.4, -0.2) is 31.0 Å². The molecule has 0 aromatic carbocycles. The molecule has 2 atom stereocenters. The van der Waals surface area contributed by atoms with Gasteiger partial charge >= 0.3 is 0 Å². The van der Waals surface area contributed by atoms with Crippen LogP contribution in [0, 0.1) is 5.41 Å². The molecule has 2 fully saturated rings. The molecule has 2 unspecified atom stereocenters. The fourth-order valence-electron chi connectivity index (χ4n) is 2.81. The van der Waals surface area contributed by atoms with Gasteiger partial charge in [-0.3, -0.25) is 0 Å². The van der Waals surface area contributed by atoms with Crippen LogP contribution in [-0.2, 0) is 9.47 Å². The lowest BCUT2D eigenvalue weighted by Crippen LogP contribution is -2.65. The predicted octanol–water partition coefficient (Wildman–Crippen LogP) is 1.70. The van der Waals surface area contributed by atoms with E-state index in [1.165, 1.54) is 0 Å². The largest absolute Gasteiger partial charge is 0.381 e. The van der Waals surface area contributed by atoms with Crippen molar-refractivity contribution in [3.63, 3.8) is 0 Å². The summed E-state index contributed by atoms with van der Waals surface area (Å²) in [5, 5.41) is 0. The average Bonchev–Trinajstić information content (AvgIpc) is 2.17. The van der Waals surface area contributed by atoms with Gasteiger partial charge in [0.1, 0.15) is 0 Å². The molecule has 1 saturated carbocycles. The van der Waals surface area contributed by atoms with Crippen molar-refractivity contribution in [3.05, 3.63) is 0 Å². The molecule has 3 nitrogen and oxygen atoms in total. The van der Waals surface area contributed by atoms with Gasteiger partial charge in [-0.25, -0.2) is 0 Å². The van der Waals surface area contributed by atoms with Crippen molar-refractivity contribution in [2.24, 2.45) is 11.1 Å². The molecule has 88 valence electrons. The van der Waals surface area contributed by atoms with Crippen molar-refractivity contribution in [1.29, 1.82) is 0 Å². The van der Waals surface area contributed by atoms with Gasteiger partial charge in [0.2, 0.25) is 0 Å². The summed E-state index contributed by atoms with van der Waals surface area (Å²) in [6, 6.07) is 0.314. The normalized spacial score (nSPS) is 35.2. The minimum absolute atomic E-state index is 0.0594. The summed E-state index contributed by atoms with van der Waals surface area (Å²) in [4.78, 5) is 0. The van der Waals surface area contributed by atoms with Crippen LogP contribution >= 0.6 is 0 Å². The van der Waals surface area contributed by atoms with Crippen LogP contribution < -0.4 is 5.73 Å². The summed E-state index contributed by atoms with van der Waals surface area (Å²) in [5.74, 6) is 0. The van der Waals surface area contributed by atoms with Crippen molar-refractivity contribution in [1.82, 2.24) is 0 Å². The second-order valence-corrected chi connectivity index (χ2v) is 5.91. The van der Waals surface area contributed by atoms with E-state index >= 15 is 0 Å². The van der Waals surface area contributed by atoms with Gasteiger partial charge in [-0.05, 0) is 40.0 Å². The van der Waals surface area contributed by atoms with Crippen molar-refractivity contribution in [2.75, 3.05) is 13.2 Å². The highest BCUT2D eigenvalue weighted by Crippen LogP contribution is 2.50. The van der Waals surface area contributed by atoms with Crippen LogP contribution in [0.15, 0.2) is 0 Å². The molecule has 15 heavy (non-hydrogen) atoms. The smallest absolute Gasteiger partial charge is 0.0669 e. The van der Waals surface area contributed by atoms with Crippen molar-refractivity contribution in [3.8, 4) is 0 Å². The molecule has 0 radical (unpaired) electrons. The molecular formula is C12H23NO2. The first-order valence-corrected chi connectivity index (χ1v) is 5.95. The van der Waals surface area contributed by atoms with E-state index in [4.69, 9.17) is 15.2 Å². The van der Waals surface area contributed by atoms with Crippen molar-refractivity contribution >= 4 is 0 Å². The summed E-state index contributed by atoms with van der Waals surface area (Å²) in [6.07, 6.45) is 3.48. The number of rotatable bonds is 1. The Hall–Kier alpha value is -0.120. The third kappa shape index (κ3) is 2.05. The number of hydrogen-bond acceptors (Lipinski definition) is 3. The van der Waals surface area contributed by atoms with Crippen LogP contribution in [0.3, 0.4) is 0 Å². The zero-order valence-electron chi connectivity index (χ0n) is 10.1. The number of ether oxygens (including phenoxy) is 2. The first-order chi connectivity index (χ1) is 6.94. The standard InChI is InChI=1S/C12H23NO2/c1-11(2,3)15-10-8-9(13)12(10)4-6-14-7-5-12/h9-10H,4-8,13H2,1-3H3. The lowest BCUT2D eigenvalue weighted by Gasteiger charge is -2.57. The molecule has 1 aliphatic carbocycles. The Labute approximate surface area is 92.3 Å². The summed E-state index contributed by atoms with van der Waals surface area (Å²) in [7, 11) is 0. The maximum atomic E-state index is 6.16. The zero-order valence-corrected chi connectivity index (χ0v) is 10.1. The van der Waals surface area contributed by atoms with Crippen molar-refractivity contribution < 1.29 is 9.47 Å². The van der Waals surface area contributed by atoms with Crippen LogP contribution in [0.1, 0.15) is 40.0 Å². The van der Waals surface area contributed by atoms with Gasteiger partial charge < -0.3 is 15.2 Å². The Morgan fingerprint density at radius 2 is 1.87 bits per heavy atom. The van der Waals surface area contributed by atoms with Gasteiger partial charge in [0, 0.05) is 24.7 Å². The van der Waals surface area contributed by atoms with E-state index in [0.29, 0.717) is 12.1 Å². The fourth-order valence-corrected chi connectivity index (χ4v) is 2.81. The second kappa shape index (κ2) is 3.72. The minimum Gasteiger partial charge on any atom is -0.381 e. The monoisotopic (exact) mass is 213 g/mol. The van der Waals surface area contributed by atoms with Crippen LogP contribution in [0.2, 0.25) is 0 Å². The van der Waals surface area contributed by atoms with Gasteiger partial charge in [-0.15, -0.1) is 0 Å². The van der Waals surface area contributed by atoms with E-state index in [9.17, 15) is 0 Å². The van der Waals surface area contributed by atoms with Gasteiger partial charge in [0.05, 0.1) is 11.7 Å².